The van der Waals surface area contributed by atoms with Gasteiger partial charge in [0.05, 0.1) is 17.3 Å². The van der Waals surface area contributed by atoms with Crippen LogP contribution in [0.4, 0.5) is 10.1 Å². The molecule has 3 aromatic carbocycles. The molecule has 0 fully saturated rings. The van der Waals surface area contributed by atoms with Gasteiger partial charge in [-0.3, -0.25) is 9.59 Å². The Hall–Kier alpha value is -4.26. The minimum absolute atomic E-state index is 0.0530. The van der Waals surface area contributed by atoms with Crippen molar-refractivity contribution < 1.29 is 18.4 Å². The van der Waals surface area contributed by atoms with Gasteiger partial charge in [-0.1, -0.05) is 24.3 Å². The lowest BCUT2D eigenvalue weighted by Crippen LogP contribution is -2.30. The molecule has 4 aromatic rings. The predicted molar refractivity (Wildman–Crippen MR) is 129 cm³/mol. The number of carbonyl (C=O) groups is 2. The highest BCUT2D eigenvalue weighted by atomic mass is 19.1. The van der Waals surface area contributed by atoms with Crippen LogP contribution in [0.5, 0.6) is 0 Å². The largest absolute Gasteiger partial charge is 0.436 e. The fraction of sp³-hybridized carbons (Fsp3) is 0.148. The third kappa shape index (κ3) is 4.73. The summed E-state index contributed by atoms with van der Waals surface area (Å²) in [5, 5.41) is 2.85. The van der Waals surface area contributed by atoms with E-state index in [4.69, 9.17) is 4.42 Å². The Morgan fingerprint density at radius 2 is 1.56 bits per heavy atom. The van der Waals surface area contributed by atoms with Crippen molar-refractivity contribution in [2.45, 2.75) is 13.8 Å². The number of hydrogen-bond acceptors (Lipinski definition) is 4. The molecular weight excluding hydrogens is 433 g/mol. The number of nitrogens with one attached hydrogen (secondary N) is 1. The van der Waals surface area contributed by atoms with E-state index in [1.807, 2.05) is 13.8 Å². The molecule has 0 radical (unpaired) electrons. The summed E-state index contributed by atoms with van der Waals surface area (Å²) >= 11 is 0. The molecule has 0 spiro atoms. The first-order valence-corrected chi connectivity index (χ1v) is 11.0. The Kier molecular flexibility index (Phi) is 6.82. The van der Waals surface area contributed by atoms with Crippen LogP contribution < -0.4 is 5.32 Å². The van der Waals surface area contributed by atoms with E-state index in [2.05, 4.69) is 10.3 Å². The summed E-state index contributed by atoms with van der Waals surface area (Å²) in [5.41, 5.74) is 2.24. The Balaban J connectivity index is 1.55. The molecule has 2 amide bonds. The molecule has 34 heavy (non-hydrogen) atoms. The zero-order valence-electron chi connectivity index (χ0n) is 18.9. The molecule has 6 nitrogen and oxygen atoms in total. The second-order valence-electron chi connectivity index (χ2n) is 7.56. The van der Waals surface area contributed by atoms with E-state index >= 15 is 0 Å². The van der Waals surface area contributed by atoms with E-state index in [9.17, 15) is 14.0 Å². The van der Waals surface area contributed by atoms with E-state index in [1.165, 1.54) is 12.3 Å². The Bertz CT molecular complexity index is 1310. The molecule has 0 aliphatic rings. The maximum Gasteiger partial charge on any atom is 0.256 e. The third-order valence-electron chi connectivity index (χ3n) is 5.49. The first kappa shape index (κ1) is 22.9. The topological polar surface area (TPSA) is 75.4 Å². The number of aromatic nitrogens is 1. The minimum Gasteiger partial charge on any atom is -0.436 e. The number of amides is 2. The Morgan fingerprint density at radius 3 is 2.24 bits per heavy atom. The summed E-state index contributed by atoms with van der Waals surface area (Å²) in [5.74, 6) is -0.341. The van der Waals surface area contributed by atoms with Gasteiger partial charge in [-0.2, -0.15) is 0 Å². The number of oxazole rings is 1. The quantitative estimate of drug-likeness (QED) is 0.376. The molecule has 0 bridgehead atoms. The van der Waals surface area contributed by atoms with Crippen molar-refractivity contribution in [2.24, 2.45) is 0 Å². The molecular formula is C27H24FN3O3. The first-order chi connectivity index (χ1) is 16.5. The van der Waals surface area contributed by atoms with Crippen LogP contribution >= 0.6 is 0 Å². The maximum absolute atomic E-state index is 14.1. The van der Waals surface area contributed by atoms with Crippen molar-refractivity contribution in [2.75, 3.05) is 18.4 Å². The van der Waals surface area contributed by atoms with E-state index < -0.39 is 5.82 Å². The van der Waals surface area contributed by atoms with Gasteiger partial charge >= 0.3 is 0 Å². The van der Waals surface area contributed by atoms with Crippen molar-refractivity contribution in [3.05, 3.63) is 95.9 Å². The van der Waals surface area contributed by atoms with Crippen LogP contribution in [0.15, 0.2) is 83.4 Å². The molecule has 0 atom stereocenters. The number of nitrogens with zero attached hydrogens (tertiary/aromatic N) is 2. The number of carbonyl (C=O) groups excluding carboxylic acids is 2. The van der Waals surface area contributed by atoms with E-state index in [0.717, 1.165) is 0 Å². The molecule has 1 N–H and O–H groups in total. The van der Waals surface area contributed by atoms with Gasteiger partial charge in [0.15, 0.2) is 5.76 Å². The normalized spacial score (nSPS) is 10.7. The average molecular weight is 458 g/mol. The third-order valence-corrected chi connectivity index (χ3v) is 5.49. The summed E-state index contributed by atoms with van der Waals surface area (Å²) in [6, 6.07) is 19.9. The van der Waals surface area contributed by atoms with Gasteiger partial charge in [0.1, 0.15) is 5.82 Å². The summed E-state index contributed by atoms with van der Waals surface area (Å²) < 4.78 is 19.9. The van der Waals surface area contributed by atoms with Gasteiger partial charge in [-0.25, -0.2) is 9.37 Å². The van der Waals surface area contributed by atoms with E-state index in [0.29, 0.717) is 41.0 Å². The lowest BCUT2D eigenvalue weighted by molar-refractivity contribution is 0.0773. The van der Waals surface area contributed by atoms with Gasteiger partial charge < -0.3 is 14.6 Å². The maximum atomic E-state index is 14.1. The average Bonchev–Trinajstić information content (AvgIpc) is 3.35. The second kappa shape index (κ2) is 10.1. The van der Waals surface area contributed by atoms with Crippen LogP contribution in [-0.2, 0) is 0 Å². The summed E-state index contributed by atoms with van der Waals surface area (Å²) in [4.78, 5) is 31.5. The smallest absolute Gasteiger partial charge is 0.256 e. The molecule has 0 aliphatic carbocycles. The number of benzene rings is 3. The lowest BCUT2D eigenvalue weighted by atomic mass is 10.1. The minimum atomic E-state index is -0.417. The van der Waals surface area contributed by atoms with Crippen LogP contribution in [0.25, 0.3) is 22.8 Å². The van der Waals surface area contributed by atoms with Crippen molar-refractivity contribution in [1.82, 2.24) is 9.88 Å². The van der Waals surface area contributed by atoms with Crippen molar-refractivity contribution >= 4 is 17.5 Å². The number of rotatable bonds is 7. The molecule has 0 saturated carbocycles. The summed E-state index contributed by atoms with van der Waals surface area (Å²) in [6.45, 7) is 5.12. The summed E-state index contributed by atoms with van der Waals surface area (Å²) in [7, 11) is 0. The molecule has 0 unspecified atom stereocenters. The van der Waals surface area contributed by atoms with Crippen LogP contribution in [-0.4, -0.2) is 34.8 Å². The standard InChI is InChI=1S/C27H24FN3O3/c1-3-31(4-2)27(33)18-13-15-19(16-14-18)30-25(32)20-9-5-6-10-21(20)26-29-17-24(34-26)22-11-7-8-12-23(22)28/h5-17H,3-4H2,1-2H3,(H,30,32). The van der Waals surface area contributed by atoms with Crippen LogP contribution in [0, 0.1) is 5.82 Å². The molecule has 4 rings (SSSR count). The number of hydrogen-bond donors (Lipinski definition) is 1. The predicted octanol–water partition coefficient (Wildman–Crippen LogP) is 5.88. The monoisotopic (exact) mass is 457 g/mol. The van der Waals surface area contributed by atoms with Crippen molar-refractivity contribution in [3.63, 3.8) is 0 Å². The molecule has 7 heteroatoms. The van der Waals surface area contributed by atoms with Crippen LogP contribution in [0.1, 0.15) is 34.6 Å². The number of anilines is 1. The van der Waals surface area contributed by atoms with Gasteiger partial charge in [0, 0.05) is 29.9 Å². The van der Waals surface area contributed by atoms with E-state index in [-0.39, 0.29) is 23.5 Å². The number of halogens is 1. The Labute approximate surface area is 197 Å². The van der Waals surface area contributed by atoms with Gasteiger partial charge in [0.25, 0.3) is 11.8 Å². The SMILES string of the molecule is CCN(CC)C(=O)c1ccc(NC(=O)c2ccccc2-c2ncc(-c3ccccc3F)o2)cc1. The first-order valence-electron chi connectivity index (χ1n) is 11.0. The van der Waals surface area contributed by atoms with Gasteiger partial charge in [0.2, 0.25) is 5.89 Å². The second-order valence-corrected chi connectivity index (χ2v) is 7.56. The van der Waals surface area contributed by atoms with Gasteiger partial charge in [-0.15, -0.1) is 0 Å². The molecule has 0 aliphatic heterocycles. The fourth-order valence-electron chi connectivity index (χ4n) is 3.64. The zero-order valence-corrected chi connectivity index (χ0v) is 18.9. The molecule has 1 aromatic heterocycles. The highest BCUT2D eigenvalue weighted by molar-refractivity contribution is 6.08. The highest BCUT2D eigenvalue weighted by Crippen LogP contribution is 2.30. The highest BCUT2D eigenvalue weighted by Gasteiger charge is 2.18. The lowest BCUT2D eigenvalue weighted by Gasteiger charge is -2.18. The van der Waals surface area contributed by atoms with Crippen molar-refractivity contribution in [1.29, 1.82) is 0 Å². The van der Waals surface area contributed by atoms with E-state index in [1.54, 1.807) is 71.6 Å². The fourth-order valence-corrected chi connectivity index (χ4v) is 3.64. The van der Waals surface area contributed by atoms with Crippen LogP contribution in [0.3, 0.4) is 0 Å². The molecule has 1 heterocycles. The molecule has 172 valence electrons. The van der Waals surface area contributed by atoms with Gasteiger partial charge in [-0.05, 0) is 62.4 Å². The Morgan fingerprint density at radius 1 is 0.912 bits per heavy atom. The summed E-state index contributed by atoms with van der Waals surface area (Å²) in [6.07, 6.45) is 1.44. The molecule has 0 saturated heterocycles. The zero-order chi connectivity index (χ0) is 24.1. The van der Waals surface area contributed by atoms with Crippen molar-refractivity contribution in [3.8, 4) is 22.8 Å². The van der Waals surface area contributed by atoms with Crippen LogP contribution in [0.2, 0.25) is 0 Å².